The summed E-state index contributed by atoms with van der Waals surface area (Å²) in [5.41, 5.74) is 2.48. The summed E-state index contributed by atoms with van der Waals surface area (Å²) in [5.74, 6) is -0.375. The Morgan fingerprint density at radius 3 is 2.79 bits per heavy atom. The molecule has 0 aliphatic rings. The topological polar surface area (TPSA) is 62.2 Å². The Morgan fingerprint density at radius 2 is 2.21 bits per heavy atom. The summed E-state index contributed by atoms with van der Waals surface area (Å²) in [7, 11) is 0. The largest absolute Gasteiger partial charge is 0.480 e. The van der Waals surface area contributed by atoms with Crippen molar-refractivity contribution >= 4 is 5.97 Å². The van der Waals surface area contributed by atoms with Gasteiger partial charge in [-0.25, -0.2) is 0 Å². The average molecular weight is 264 g/mol. The molecule has 0 saturated carbocycles. The van der Waals surface area contributed by atoms with Crippen LogP contribution in [0, 0.1) is 12.8 Å². The standard InChI is InChI=1S/C15H24N2O2/c1-11(2)9-14(15(18)19)17-7-4-5-13-10-16-8-6-12(13)3/h6,8,10-11,14,17H,4-5,7,9H2,1-3H3,(H,18,19)/t14-/m0/s1. The van der Waals surface area contributed by atoms with E-state index in [9.17, 15) is 4.79 Å². The number of pyridine rings is 1. The number of aryl methyl sites for hydroxylation is 2. The lowest BCUT2D eigenvalue weighted by Crippen LogP contribution is -2.38. The lowest BCUT2D eigenvalue weighted by atomic mass is 10.0. The van der Waals surface area contributed by atoms with Crippen LogP contribution in [0.2, 0.25) is 0 Å². The Balaban J connectivity index is 2.33. The van der Waals surface area contributed by atoms with E-state index in [1.54, 1.807) is 6.20 Å². The minimum absolute atomic E-state index is 0.383. The fourth-order valence-electron chi connectivity index (χ4n) is 2.06. The Labute approximate surface area is 115 Å². The van der Waals surface area contributed by atoms with E-state index in [1.807, 2.05) is 26.1 Å². The zero-order valence-electron chi connectivity index (χ0n) is 12.0. The van der Waals surface area contributed by atoms with Crippen LogP contribution < -0.4 is 5.32 Å². The Hall–Kier alpha value is -1.42. The fraction of sp³-hybridized carbons (Fsp3) is 0.600. The van der Waals surface area contributed by atoms with Gasteiger partial charge in [0.05, 0.1) is 0 Å². The van der Waals surface area contributed by atoms with Gasteiger partial charge in [0, 0.05) is 12.4 Å². The van der Waals surface area contributed by atoms with Crippen molar-refractivity contribution in [3.63, 3.8) is 0 Å². The van der Waals surface area contributed by atoms with E-state index in [1.165, 1.54) is 11.1 Å². The molecule has 0 bridgehead atoms. The van der Waals surface area contributed by atoms with Crippen LogP contribution >= 0.6 is 0 Å². The van der Waals surface area contributed by atoms with E-state index in [4.69, 9.17) is 5.11 Å². The quantitative estimate of drug-likeness (QED) is 0.708. The lowest BCUT2D eigenvalue weighted by Gasteiger charge is -2.16. The summed E-state index contributed by atoms with van der Waals surface area (Å²) < 4.78 is 0. The van der Waals surface area contributed by atoms with Crippen molar-refractivity contribution in [3.05, 3.63) is 29.6 Å². The third-order valence-corrected chi connectivity index (χ3v) is 3.17. The summed E-state index contributed by atoms with van der Waals surface area (Å²) in [6.07, 6.45) is 6.20. The van der Waals surface area contributed by atoms with Crippen LogP contribution in [-0.2, 0) is 11.2 Å². The number of aliphatic carboxylic acids is 1. The van der Waals surface area contributed by atoms with E-state index in [2.05, 4.69) is 17.2 Å². The van der Waals surface area contributed by atoms with E-state index < -0.39 is 12.0 Å². The maximum absolute atomic E-state index is 11.1. The van der Waals surface area contributed by atoms with Crippen molar-refractivity contribution in [3.8, 4) is 0 Å². The number of carboxylic acids is 1. The van der Waals surface area contributed by atoms with E-state index in [0.29, 0.717) is 12.3 Å². The molecule has 1 aromatic heterocycles. The summed E-state index contributed by atoms with van der Waals surface area (Å²) >= 11 is 0. The highest BCUT2D eigenvalue weighted by atomic mass is 16.4. The summed E-state index contributed by atoms with van der Waals surface area (Å²) in [4.78, 5) is 15.2. The van der Waals surface area contributed by atoms with Gasteiger partial charge in [-0.15, -0.1) is 0 Å². The highest BCUT2D eigenvalue weighted by molar-refractivity contribution is 5.73. The van der Waals surface area contributed by atoms with Gasteiger partial charge in [0.1, 0.15) is 6.04 Å². The van der Waals surface area contributed by atoms with Crippen molar-refractivity contribution in [2.24, 2.45) is 5.92 Å². The second-order valence-corrected chi connectivity index (χ2v) is 5.38. The molecule has 0 unspecified atom stereocenters. The van der Waals surface area contributed by atoms with Crippen LogP contribution in [0.5, 0.6) is 0 Å². The van der Waals surface area contributed by atoms with Crippen molar-refractivity contribution in [2.45, 2.75) is 46.1 Å². The number of rotatable bonds is 8. The van der Waals surface area contributed by atoms with Gasteiger partial charge >= 0.3 is 5.97 Å². The smallest absolute Gasteiger partial charge is 0.320 e. The first-order valence-corrected chi connectivity index (χ1v) is 6.86. The van der Waals surface area contributed by atoms with Crippen LogP contribution in [0.1, 0.15) is 37.8 Å². The van der Waals surface area contributed by atoms with E-state index in [-0.39, 0.29) is 0 Å². The molecule has 0 aliphatic carbocycles. The van der Waals surface area contributed by atoms with Crippen molar-refractivity contribution in [2.75, 3.05) is 6.54 Å². The maximum atomic E-state index is 11.1. The fourth-order valence-corrected chi connectivity index (χ4v) is 2.06. The zero-order valence-corrected chi connectivity index (χ0v) is 12.0. The normalized spacial score (nSPS) is 12.6. The van der Waals surface area contributed by atoms with Crippen LogP contribution in [0.4, 0.5) is 0 Å². The molecule has 4 heteroatoms. The second kappa shape index (κ2) is 7.89. The van der Waals surface area contributed by atoms with Gasteiger partial charge in [0.25, 0.3) is 0 Å². The molecule has 0 radical (unpaired) electrons. The molecule has 2 N–H and O–H groups in total. The van der Waals surface area contributed by atoms with Gasteiger partial charge < -0.3 is 10.4 Å². The Morgan fingerprint density at radius 1 is 1.47 bits per heavy atom. The van der Waals surface area contributed by atoms with Gasteiger partial charge in [-0.05, 0) is 55.8 Å². The average Bonchev–Trinajstić information content (AvgIpc) is 2.34. The van der Waals surface area contributed by atoms with Gasteiger partial charge in [-0.1, -0.05) is 13.8 Å². The molecule has 0 spiro atoms. The van der Waals surface area contributed by atoms with Crippen LogP contribution in [0.3, 0.4) is 0 Å². The van der Waals surface area contributed by atoms with Gasteiger partial charge in [-0.2, -0.15) is 0 Å². The molecule has 1 atom stereocenters. The number of nitrogens with zero attached hydrogens (tertiary/aromatic N) is 1. The van der Waals surface area contributed by atoms with Crippen molar-refractivity contribution in [1.82, 2.24) is 10.3 Å². The predicted molar refractivity (Wildman–Crippen MR) is 76.2 cm³/mol. The molecular formula is C15H24N2O2. The lowest BCUT2D eigenvalue weighted by molar-refractivity contribution is -0.139. The number of hydrogen-bond acceptors (Lipinski definition) is 3. The molecule has 4 nitrogen and oxygen atoms in total. The molecule has 0 fully saturated rings. The SMILES string of the molecule is Cc1ccncc1CCCN[C@@H](CC(C)C)C(=O)O. The number of aromatic nitrogens is 1. The third kappa shape index (κ3) is 5.83. The van der Waals surface area contributed by atoms with Crippen LogP contribution in [0.25, 0.3) is 0 Å². The van der Waals surface area contributed by atoms with Crippen LogP contribution in [0.15, 0.2) is 18.5 Å². The highest BCUT2D eigenvalue weighted by Crippen LogP contribution is 2.08. The zero-order chi connectivity index (χ0) is 14.3. The molecule has 1 heterocycles. The highest BCUT2D eigenvalue weighted by Gasteiger charge is 2.17. The van der Waals surface area contributed by atoms with E-state index >= 15 is 0 Å². The minimum Gasteiger partial charge on any atom is -0.480 e. The molecule has 1 aromatic rings. The number of carbonyl (C=O) groups is 1. The van der Waals surface area contributed by atoms with Gasteiger partial charge in [0.15, 0.2) is 0 Å². The second-order valence-electron chi connectivity index (χ2n) is 5.38. The number of carboxylic acid groups (broad SMARTS) is 1. The first-order valence-electron chi connectivity index (χ1n) is 6.86. The first-order chi connectivity index (χ1) is 9.00. The summed E-state index contributed by atoms with van der Waals surface area (Å²) in [5, 5.41) is 12.2. The third-order valence-electron chi connectivity index (χ3n) is 3.17. The predicted octanol–water partition coefficient (Wildman–Crippen LogP) is 2.41. The number of hydrogen-bond donors (Lipinski definition) is 2. The Bertz CT molecular complexity index is 405. The molecule has 1 rings (SSSR count). The Kier molecular flexibility index (Phi) is 6.50. The maximum Gasteiger partial charge on any atom is 0.320 e. The molecule has 19 heavy (non-hydrogen) atoms. The molecule has 106 valence electrons. The first kappa shape index (κ1) is 15.6. The van der Waals surface area contributed by atoms with Crippen molar-refractivity contribution < 1.29 is 9.90 Å². The minimum atomic E-state index is -0.758. The van der Waals surface area contributed by atoms with Gasteiger partial charge in [0.2, 0.25) is 0 Å². The van der Waals surface area contributed by atoms with Crippen LogP contribution in [-0.4, -0.2) is 28.6 Å². The van der Waals surface area contributed by atoms with Gasteiger partial charge in [-0.3, -0.25) is 9.78 Å². The summed E-state index contributed by atoms with van der Waals surface area (Å²) in [6, 6.07) is 1.57. The van der Waals surface area contributed by atoms with Crippen molar-refractivity contribution in [1.29, 1.82) is 0 Å². The molecule has 0 amide bonds. The molecular weight excluding hydrogens is 240 g/mol. The monoisotopic (exact) mass is 264 g/mol. The van der Waals surface area contributed by atoms with E-state index in [0.717, 1.165) is 19.4 Å². The summed E-state index contributed by atoms with van der Waals surface area (Å²) in [6.45, 7) is 6.87. The molecule has 0 saturated heterocycles. The molecule has 0 aromatic carbocycles. The number of nitrogens with one attached hydrogen (secondary N) is 1. The molecule has 0 aliphatic heterocycles.